The van der Waals surface area contributed by atoms with Crippen LogP contribution in [0.25, 0.3) is 0 Å². The van der Waals surface area contributed by atoms with Gasteiger partial charge in [0.25, 0.3) is 0 Å². The zero-order valence-corrected chi connectivity index (χ0v) is 15.9. The van der Waals surface area contributed by atoms with Crippen LogP contribution in [0, 0.1) is 22.7 Å². The van der Waals surface area contributed by atoms with Gasteiger partial charge in [0.05, 0.1) is 12.5 Å². The molecule has 2 fully saturated rings. The Morgan fingerprint density at radius 2 is 2.08 bits per heavy atom. The topological polar surface area (TPSA) is 35.5 Å². The van der Waals surface area contributed by atoms with E-state index in [0.717, 1.165) is 6.42 Å². The molecule has 0 N–H and O–H groups in total. The van der Waals surface area contributed by atoms with Crippen molar-refractivity contribution < 1.29 is 14.3 Å². The summed E-state index contributed by atoms with van der Waals surface area (Å²) in [6.45, 7) is 11.5. The van der Waals surface area contributed by atoms with Gasteiger partial charge in [0.15, 0.2) is 0 Å². The second kappa shape index (κ2) is 6.33. The normalized spacial score (nSPS) is 40.1. The van der Waals surface area contributed by atoms with Crippen LogP contribution in [0.5, 0.6) is 0 Å². The third-order valence-electron chi connectivity index (χ3n) is 6.26. The largest absolute Gasteiger partial charge is 0.435 e. The molecule has 4 atom stereocenters. The average Bonchev–Trinajstić information content (AvgIpc) is 2.87. The van der Waals surface area contributed by atoms with E-state index in [1.807, 2.05) is 0 Å². The minimum Gasteiger partial charge on any atom is -0.435 e. The number of hydrogen-bond donors (Lipinski definition) is 0. The maximum atomic E-state index is 11.5. The van der Waals surface area contributed by atoms with Crippen LogP contribution in [0.15, 0.2) is 23.3 Å². The van der Waals surface area contributed by atoms with Gasteiger partial charge in [0.2, 0.25) is 6.29 Å². The molecule has 134 valence electrons. The molecule has 3 heteroatoms. The first kappa shape index (κ1) is 17.7. The third kappa shape index (κ3) is 3.20. The van der Waals surface area contributed by atoms with Crippen LogP contribution in [-0.4, -0.2) is 18.9 Å². The highest BCUT2D eigenvalue weighted by atomic mass is 16.7. The molecular weight excluding hydrogens is 300 g/mol. The molecule has 0 radical (unpaired) electrons. The summed E-state index contributed by atoms with van der Waals surface area (Å²) < 4.78 is 11.3. The molecule has 24 heavy (non-hydrogen) atoms. The summed E-state index contributed by atoms with van der Waals surface area (Å²) in [5.41, 5.74) is 3.46. The maximum Gasteiger partial charge on any atom is 0.304 e. The SMILES string of the molecule is CC=C1C(C2(C)CCCC(C)(C)C2)=CCC2COC(OC(C)=O)C12. The average molecular weight is 332 g/mol. The van der Waals surface area contributed by atoms with Crippen LogP contribution >= 0.6 is 0 Å². The van der Waals surface area contributed by atoms with E-state index < -0.39 is 6.29 Å². The highest BCUT2D eigenvalue weighted by Gasteiger charge is 2.48. The lowest BCUT2D eigenvalue weighted by molar-refractivity contribution is -0.171. The number of carbonyl (C=O) groups is 1. The molecule has 3 rings (SSSR count). The summed E-state index contributed by atoms with van der Waals surface area (Å²) in [6, 6.07) is 0. The van der Waals surface area contributed by atoms with Gasteiger partial charge in [-0.1, -0.05) is 39.3 Å². The lowest BCUT2D eigenvalue weighted by atomic mass is 9.57. The summed E-state index contributed by atoms with van der Waals surface area (Å²) >= 11 is 0. The molecule has 1 aliphatic heterocycles. The van der Waals surface area contributed by atoms with Crippen molar-refractivity contribution in [2.24, 2.45) is 22.7 Å². The standard InChI is InChI=1S/C21H32O3/c1-6-16-17(21(5)11-7-10-20(3,4)13-21)9-8-15-12-23-19(18(15)16)24-14(2)22/h6,9,15,18-19H,7-8,10-13H2,1-5H3. The first-order valence-electron chi connectivity index (χ1n) is 9.42. The first-order valence-corrected chi connectivity index (χ1v) is 9.42. The summed E-state index contributed by atoms with van der Waals surface area (Å²) in [5, 5.41) is 0. The molecule has 0 bridgehead atoms. The van der Waals surface area contributed by atoms with Crippen LogP contribution in [-0.2, 0) is 14.3 Å². The number of rotatable bonds is 2. The van der Waals surface area contributed by atoms with E-state index in [2.05, 4.69) is 39.8 Å². The molecule has 0 spiro atoms. The highest BCUT2D eigenvalue weighted by Crippen LogP contribution is 2.55. The minimum atomic E-state index is -0.414. The smallest absolute Gasteiger partial charge is 0.304 e. The fourth-order valence-corrected chi connectivity index (χ4v) is 5.46. The lowest BCUT2D eigenvalue weighted by Crippen LogP contribution is -2.37. The van der Waals surface area contributed by atoms with E-state index in [1.54, 1.807) is 0 Å². The molecule has 1 saturated carbocycles. The van der Waals surface area contributed by atoms with Crippen molar-refractivity contribution in [2.45, 2.75) is 73.0 Å². The Labute approximate surface area is 146 Å². The van der Waals surface area contributed by atoms with Gasteiger partial charge < -0.3 is 9.47 Å². The Balaban J connectivity index is 1.91. The van der Waals surface area contributed by atoms with E-state index >= 15 is 0 Å². The van der Waals surface area contributed by atoms with Crippen molar-refractivity contribution in [1.29, 1.82) is 0 Å². The minimum absolute atomic E-state index is 0.195. The van der Waals surface area contributed by atoms with Gasteiger partial charge in [-0.15, -0.1) is 0 Å². The monoisotopic (exact) mass is 332 g/mol. The van der Waals surface area contributed by atoms with Gasteiger partial charge in [0.1, 0.15) is 0 Å². The molecule has 4 unspecified atom stereocenters. The predicted molar refractivity (Wildman–Crippen MR) is 95.3 cm³/mol. The van der Waals surface area contributed by atoms with E-state index in [0.29, 0.717) is 17.9 Å². The number of hydrogen-bond acceptors (Lipinski definition) is 3. The zero-order valence-electron chi connectivity index (χ0n) is 15.9. The summed E-state index contributed by atoms with van der Waals surface area (Å²) in [5.74, 6) is 0.377. The van der Waals surface area contributed by atoms with Crippen molar-refractivity contribution in [3.63, 3.8) is 0 Å². The van der Waals surface area contributed by atoms with Crippen LogP contribution < -0.4 is 0 Å². The molecule has 1 heterocycles. The number of ether oxygens (including phenoxy) is 2. The Kier molecular flexibility index (Phi) is 4.67. The van der Waals surface area contributed by atoms with E-state index in [-0.39, 0.29) is 17.3 Å². The molecule has 0 amide bonds. The van der Waals surface area contributed by atoms with Gasteiger partial charge in [-0.2, -0.15) is 0 Å². The van der Waals surface area contributed by atoms with E-state index in [4.69, 9.17) is 9.47 Å². The van der Waals surface area contributed by atoms with Crippen molar-refractivity contribution >= 4 is 5.97 Å². The molecule has 0 aromatic carbocycles. The van der Waals surface area contributed by atoms with E-state index in [9.17, 15) is 4.79 Å². The quantitative estimate of drug-likeness (QED) is 0.666. The van der Waals surface area contributed by atoms with Gasteiger partial charge in [-0.05, 0) is 60.5 Å². The van der Waals surface area contributed by atoms with Gasteiger partial charge in [-0.25, -0.2) is 0 Å². The van der Waals surface area contributed by atoms with Crippen LogP contribution in [0.4, 0.5) is 0 Å². The molecular formula is C21H32O3. The third-order valence-corrected chi connectivity index (χ3v) is 6.26. The van der Waals surface area contributed by atoms with Crippen LogP contribution in [0.1, 0.15) is 66.7 Å². The summed E-state index contributed by atoms with van der Waals surface area (Å²) in [4.78, 5) is 11.5. The van der Waals surface area contributed by atoms with Crippen molar-refractivity contribution in [3.05, 3.63) is 23.3 Å². The fraction of sp³-hybridized carbons (Fsp3) is 0.762. The molecule has 3 nitrogen and oxygen atoms in total. The predicted octanol–water partition coefficient (Wildman–Crippen LogP) is 5.02. The Morgan fingerprint density at radius 3 is 2.71 bits per heavy atom. The lowest BCUT2D eigenvalue weighted by Gasteiger charge is -2.47. The van der Waals surface area contributed by atoms with E-state index in [1.165, 1.54) is 43.8 Å². The van der Waals surface area contributed by atoms with Crippen molar-refractivity contribution in [3.8, 4) is 0 Å². The highest BCUT2D eigenvalue weighted by molar-refractivity contribution is 5.66. The fourth-order valence-electron chi connectivity index (χ4n) is 5.46. The number of carbonyl (C=O) groups excluding carboxylic acids is 1. The number of esters is 1. The van der Waals surface area contributed by atoms with Crippen LogP contribution in [0.3, 0.4) is 0 Å². The molecule has 2 aliphatic carbocycles. The second-order valence-electron chi connectivity index (χ2n) is 8.95. The zero-order chi connectivity index (χ0) is 17.5. The Hall–Kier alpha value is -1.09. The van der Waals surface area contributed by atoms with Gasteiger partial charge in [0, 0.05) is 6.92 Å². The molecule has 3 aliphatic rings. The first-order chi connectivity index (χ1) is 11.3. The number of fused-ring (bicyclic) bond motifs is 1. The molecule has 0 aromatic heterocycles. The maximum absolute atomic E-state index is 11.5. The summed E-state index contributed by atoms with van der Waals surface area (Å²) in [7, 11) is 0. The second-order valence-corrected chi connectivity index (χ2v) is 8.95. The molecule has 0 aromatic rings. The van der Waals surface area contributed by atoms with Gasteiger partial charge in [-0.3, -0.25) is 4.79 Å². The van der Waals surface area contributed by atoms with Crippen LogP contribution in [0.2, 0.25) is 0 Å². The number of allylic oxidation sites excluding steroid dienone is 3. The van der Waals surface area contributed by atoms with Crippen molar-refractivity contribution in [1.82, 2.24) is 0 Å². The van der Waals surface area contributed by atoms with Gasteiger partial charge >= 0.3 is 5.97 Å². The van der Waals surface area contributed by atoms with Crippen molar-refractivity contribution in [2.75, 3.05) is 6.61 Å². The Morgan fingerprint density at radius 1 is 1.33 bits per heavy atom. The summed E-state index contributed by atoms with van der Waals surface area (Å²) in [6.07, 6.45) is 10.4. The molecule has 1 saturated heterocycles. The Bertz CT molecular complexity index is 572.